The number of rotatable bonds is 2. The fourth-order valence-electron chi connectivity index (χ4n) is 1.93. The number of β-amino-alcohol motifs (C(OH)–C–C–N with tert-alkyl or cyclic N) is 2. The van der Waals surface area contributed by atoms with Crippen LogP contribution in [0.5, 0.6) is 0 Å². The van der Waals surface area contributed by atoms with E-state index in [1.54, 1.807) is 6.07 Å². The van der Waals surface area contributed by atoms with E-state index in [-0.39, 0.29) is 19.0 Å². The van der Waals surface area contributed by atoms with Gasteiger partial charge >= 0.3 is 0 Å². The third-order valence-corrected chi connectivity index (χ3v) is 3.68. The number of aliphatic hydroxyl groups excluding tert-OH is 2. The first-order chi connectivity index (χ1) is 8.13. The zero-order valence-electron chi connectivity index (χ0n) is 9.54. The van der Waals surface area contributed by atoms with E-state index >= 15 is 0 Å². The van der Waals surface area contributed by atoms with Crippen molar-refractivity contribution in [2.45, 2.75) is 17.1 Å². The first-order valence-corrected chi connectivity index (χ1v) is 6.64. The summed E-state index contributed by atoms with van der Waals surface area (Å²) in [4.78, 5) is 14.6. The summed E-state index contributed by atoms with van der Waals surface area (Å²) in [6.07, 6.45) is 0.251. The molecule has 0 radical (unpaired) electrons. The number of thioether (sulfide) groups is 1. The number of hydrogen-bond donors (Lipinski definition) is 2. The van der Waals surface area contributed by atoms with Gasteiger partial charge in [-0.25, -0.2) is 0 Å². The lowest BCUT2D eigenvalue weighted by Gasteiger charge is -2.16. The van der Waals surface area contributed by atoms with E-state index in [0.29, 0.717) is 5.56 Å². The number of aliphatic hydroxyl groups is 2. The summed E-state index contributed by atoms with van der Waals surface area (Å²) < 4.78 is 0. The van der Waals surface area contributed by atoms with Crippen LogP contribution in [0.1, 0.15) is 10.4 Å². The molecule has 1 aliphatic heterocycles. The molecule has 0 spiro atoms. The molecular weight excluding hydrogens is 238 g/mol. The Bertz CT molecular complexity index is 414. The van der Waals surface area contributed by atoms with E-state index in [1.165, 1.54) is 16.7 Å². The quantitative estimate of drug-likeness (QED) is 0.757. The molecule has 1 aromatic carbocycles. The van der Waals surface area contributed by atoms with Crippen molar-refractivity contribution in [3.8, 4) is 0 Å². The Morgan fingerprint density at radius 2 is 1.88 bits per heavy atom. The van der Waals surface area contributed by atoms with E-state index in [1.807, 2.05) is 24.5 Å². The number of amides is 1. The average molecular weight is 253 g/mol. The molecule has 5 heteroatoms. The number of nitrogens with zero attached hydrogens (tertiary/aromatic N) is 1. The Morgan fingerprint density at radius 3 is 2.47 bits per heavy atom. The molecule has 0 aromatic heterocycles. The van der Waals surface area contributed by atoms with Crippen molar-refractivity contribution in [2.24, 2.45) is 0 Å². The van der Waals surface area contributed by atoms with Crippen LogP contribution in [0.15, 0.2) is 29.2 Å². The molecule has 92 valence electrons. The smallest absolute Gasteiger partial charge is 0.255 e. The maximum Gasteiger partial charge on any atom is 0.255 e. The molecule has 0 unspecified atom stereocenters. The number of benzene rings is 1. The van der Waals surface area contributed by atoms with Gasteiger partial charge in [-0.05, 0) is 18.4 Å². The lowest BCUT2D eigenvalue weighted by Crippen LogP contribution is -2.30. The Balaban J connectivity index is 2.20. The number of carbonyl (C=O) groups excluding carboxylic acids is 1. The van der Waals surface area contributed by atoms with Gasteiger partial charge in [0.1, 0.15) is 0 Å². The van der Waals surface area contributed by atoms with Gasteiger partial charge in [0, 0.05) is 18.0 Å². The molecular formula is C12H15NO3S. The van der Waals surface area contributed by atoms with Gasteiger partial charge in [-0.3, -0.25) is 4.79 Å². The zero-order valence-corrected chi connectivity index (χ0v) is 10.4. The SMILES string of the molecule is CSc1ccccc1C(=O)N1C[C@@H](O)[C@@H](O)C1. The molecule has 2 atom stereocenters. The second-order valence-electron chi connectivity index (χ2n) is 4.05. The molecule has 1 saturated heterocycles. The second kappa shape index (κ2) is 5.08. The van der Waals surface area contributed by atoms with E-state index in [4.69, 9.17) is 0 Å². The molecule has 1 aromatic rings. The largest absolute Gasteiger partial charge is 0.388 e. The molecule has 4 nitrogen and oxygen atoms in total. The highest BCUT2D eigenvalue weighted by Crippen LogP contribution is 2.23. The van der Waals surface area contributed by atoms with E-state index in [2.05, 4.69) is 0 Å². The fourth-order valence-corrected chi connectivity index (χ4v) is 2.52. The molecule has 2 N–H and O–H groups in total. The lowest BCUT2D eigenvalue weighted by molar-refractivity contribution is 0.0572. The van der Waals surface area contributed by atoms with Crippen LogP contribution in [-0.4, -0.2) is 52.6 Å². The summed E-state index contributed by atoms with van der Waals surface area (Å²) in [6, 6.07) is 7.36. The molecule has 17 heavy (non-hydrogen) atoms. The van der Waals surface area contributed by atoms with Crippen molar-refractivity contribution in [1.82, 2.24) is 4.90 Å². The highest BCUT2D eigenvalue weighted by molar-refractivity contribution is 7.98. The third-order valence-electron chi connectivity index (χ3n) is 2.88. The van der Waals surface area contributed by atoms with E-state index in [9.17, 15) is 15.0 Å². The first-order valence-electron chi connectivity index (χ1n) is 5.42. The number of carbonyl (C=O) groups is 1. The van der Waals surface area contributed by atoms with Gasteiger partial charge in [0.25, 0.3) is 5.91 Å². The van der Waals surface area contributed by atoms with E-state index < -0.39 is 12.2 Å². The minimum atomic E-state index is -0.833. The molecule has 1 heterocycles. The highest BCUT2D eigenvalue weighted by atomic mass is 32.2. The van der Waals surface area contributed by atoms with Gasteiger partial charge in [-0.15, -0.1) is 11.8 Å². The van der Waals surface area contributed by atoms with Crippen LogP contribution in [0.2, 0.25) is 0 Å². The zero-order chi connectivity index (χ0) is 12.4. The van der Waals surface area contributed by atoms with Crippen LogP contribution in [-0.2, 0) is 0 Å². The lowest BCUT2D eigenvalue weighted by atomic mass is 10.2. The first kappa shape index (κ1) is 12.4. The Kier molecular flexibility index (Phi) is 3.71. The summed E-state index contributed by atoms with van der Waals surface area (Å²) in [6.45, 7) is 0.394. The standard InChI is InChI=1S/C12H15NO3S/c1-17-11-5-3-2-4-8(11)12(16)13-6-9(14)10(15)7-13/h2-5,9-10,14-15H,6-7H2,1H3/t9-,10+. The van der Waals surface area contributed by atoms with Crippen molar-refractivity contribution in [2.75, 3.05) is 19.3 Å². The molecule has 1 fully saturated rings. The summed E-state index contributed by atoms with van der Waals surface area (Å²) in [5, 5.41) is 18.9. The van der Waals surface area contributed by atoms with Crippen molar-refractivity contribution < 1.29 is 15.0 Å². The monoisotopic (exact) mass is 253 g/mol. The molecule has 1 aliphatic rings. The number of likely N-dealkylation sites (tertiary alicyclic amines) is 1. The molecule has 0 aliphatic carbocycles. The van der Waals surface area contributed by atoms with Crippen LogP contribution >= 0.6 is 11.8 Å². The summed E-state index contributed by atoms with van der Waals surface area (Å²) in [7, 11) is 0. The maximum absolute atomic E-state index is 12.2. The number of hydrogen-bond acceptors (Lipinski definition) is 4. The predicted molar refractivity (Wildman–Crippen MR) is 66.1 cm³/mol. The van der Waals surface area contributed by atoms with Crippen molar-refractivity contribution >= 4 is 17.7 Å². The van der Waals surface area contributed by atoms with Gasteiger partial charge in [-0.2, -0.15) is 0 Å². The molecule has 0 bridgehead atoms. The normalized spacial score (nSPS) is 24.1. The summed E-state index contributed by atoms with van der Waals surface area (Å²) in [5.74, 6) is -0.134. The fraction of sp³-hybridized carbons (Fsp3) is 0.417. The second-order valence-corrected chi connectivity index (χ2v) is 4.89. The highest BCUT2D eigenvalue weighted by Gasteiger charge is 2.33. The molecule has 0 saturated carbocycles. The van der Waals surface area contributed by atoms with Gasteiger partial charge < -0.3 is 15.1 Å². The summed E-state index contributed by atoms with van der Waals surface area (Å²) >= 11 is 1.51. The Morgan fingerprint density at radius 1 is 1.29 bits per heavy atom. The van der Waals surface area contributed by atoms with Crippen molar-refractivity contribution in [3.05, 3.63) is 29.8 Å². The summed E-state index contributed by atoms with van der Waals surface area (Å²) in [5.41, 5.74) is 0.626. The van der Waals surface area contributed by atoms with Gasteiger partial charge in [0.15, 0.2) is 0 Å². The average Bonchev–Trinajstić information content (AvgIpc) is 2.68. The van der Waals surface area contributed by atoms with E-state index in [0.717, 1.165) is 4.90 Å². The predicted octanol–water partition coefficient (Wildman–Crippen LogP) is 0.586. The third kappa shape index (κ3) is 2.46. The van der Waals surface area contributed by atoms with Gasteiger partial charge in [0.2, 0.25) is 0 Å². The Hall–Kier alpha value is -1.04. The van der Waals surface area contributed by atoms with Gasteiger partial charge in [0.05, 0.1) is 17.8 Å². The topological polar surface area (TPSA) is 60.8 Å². The van der Waals surface area contributed by atoms with Crippen LogP contribution < -0.4 is 0 Å². The van der Waals surface area contributed by atoms with Crippen molar-refractivity contribution in [3.63, 3.8) is 0 Å². The minimum Gasteiger partial charge on any atom is -0.388 e. The van der Waals surface area contributed by atoms with Crippen LogP contribution in [0.25, 0.3) is 0 Å². The van der Waals surface area contributed by atoms with Crippen LogP contribution in [0, 0.1) is 0 Å². The van der Waals surface area contributed by atoms with Crippen LogP contribution in [0.4, 0.5) is 0 Å². The van der Waals surface area contributed by atoms with Crippen molar-refractivity contribution in [1.29, 1.82) is 0 Å². The van der Waals surface area contributed by atoms with Gasteiger partial charge in [-0.1, -0.05) is 12.1 Å². The molecule has 2 rings (SSSR count). The maximum atomic E-state index is 12.2. The van der Waals surface area contributed by atoms with Crippen LogP contribution in [0.3, 0.4) is 0 Å². The molecule has 1 amide bonds. The minimum absolute atomic E-state index is 0.134. The Labute approximate surface area is 104 Å².